The summed E-state index contributed by atoms with van der Waals surface area (Å²) in [7, 11) is 1.33. The molecule has 0 aromatic heterocycles. The fraction of sp³-hybridized carbons (Fsp3) is 0.932. The summed E-state index contributed by atoms with van der Waals surface area (Å²) in [6, 6.07) is -0.800. The van der Waals surface area contributed by atoms with Crippen molar-refractivity contribution in [1.29, 1.82) is 0 Å². The fourth-order valence-corrected chi connectivity index (χ4v) is 12.2. The first kappa shape index (κ1) is 81.0. The van der Waals surface area contributed by atoms with E-state index in [0.29, 0.717) is 23.9 Å². The second-order valence-electron chi connectivity index (χ2n) is 26.7. The van der Waals surface area contributed by atoms with Gasteiger partial charge >= 0.3 is 0 Å². The lowest BCUT2D eigenvalue weighted by Crippen LogP contribution is -2.46. The predicted molar refractivity (Wildman–Crippen MR) is 358 cm³/mol. The van der Waals surface area contributed by atoms with E-state index >= 15 is 0 Å². The van der Waals surface area contributed by atoms with Crippen LogP contribution >= 0.6 is 7.82 Å². The third-order valence-electron chi connectivity index (χ3n) is 17.2. The average molecular weight is 1180 g/mol. The Bertz CT molecular complexity index is 1390. The summed E-state index contributed by atoms with van der Waals surface area (Å²) >= 11 is 0. The molecule has 82 heavy (non-hydrogen) atoms. The molecule has 0 spiro atoms. The van der Waals surface area contributed by atoms with Crippen molar-refractivity contribution in [1.82, 2.24) is 5.32 Å². The van der Waals surface area contributed by atoms with Gasteiger partial charge in [0.15, 0.2) is 0 Å². The van der Waals surface area contributed by atoms with Crippen molar-refractivity contribution in [3.63, 3.8) is 0 Å². The van der Waals surface area contributed by atoms with Crippen LogP contribution in [-0.4, -0.2) is 68.5 Å². The molecule has 0 saturated carbocycles. The molecule has 0 aromatic rings. The SMILES string of the molecule is CCCCCCC/C=C\C/C=C\CCCCCCCCCCCCCCCCCCCCCC(=O)NC(COP(=O)([O-])OCC[N+](C)(C)C)C(O)CCCCCCCCCCCCCCCCCCCCCCCCCCCCCCC. The quantitative estimate of drug-likeness (QED) is 0.0272. The van der Waals surface area contributed by atoms with Crippen LogP contribution in [0.1, 0.15) is 386 Å². The van der Waals surface area contributed by atoms with Crippen LogP contribution in [0.2, 0.25) is 0 Å². The van der Waals surface area contributed by atoms with Crippen LogP contribution in [0.4, 0.5) is 0 Å². The van der Waals surface area contributed by atoms with Crippen LogP contribution < -0.4 is 10.2 Å². The summed E-state index contributed by atoms with van der Waals surface area (Å²) < 4.78 is 23.6. The number of hydrogen-bond donors (Lipinski definition) is 2. The lowest BCUT2D eigenvalue weighted by molar-refractivity contribution is -0.870. The molecule has 488 valence electrons. The summed E-state index contributed by atoms with van der Waals surface area (Å²) in [5, 5.41) is 14.1. The summed E-state index contributed by atoms with van der Waals surface area (Å²) in [6.45, 7) is 4.78. The van der Waals surface area contributed by atoms with Crippen LogP contribution in [0.5, 0.6) is 0 Å². The first-order chi connectivity index (χ1) is 40.0. The number of allylic oxidation sites excluding steroid dienone is 4. The standard InChI is InChI=1S/C73H145N2O6P/c1-6-8-10-12-14-16-18-20-22-24-26-28-30-32-34-36-37-39-41-43-45-47-49-51-53-55-57-59-61-63-65-67-73(77)74-71(70-81-82(78,79)80-69-68-75(3,4)5)72(76)66-64-62-60-58-56-54-52-50-48-46-44-42-40-38-35-33-31-29-27-25-23-21-19-17-15-13-11-9-7-2/h18,20,24,26,71-72,76H,6-17,19,21-23,25,27-70H2,1-5H3,(H-,74,77,78,79)/b20-18-,26-24-. The molecule has 0 radical (unpaired) electrons. The molecule has 2 N–H and O–H groups in total. The zero-order valence-corrected chi connectivity index (χ0v) is 56.9. The van der Waals surface area contributed by atoms with Gasteiger partial charge in [-0.3, -0.25) is 9.36 Å². The maximum Gasteiger partial charge on any atom is 0.268 e. The van der Waals surface area contributed by atoms with Gasteiger partial charge in [-0.15, -0.1) is 0 Å². The summed E-state index contributed by atoms with van der Waals surface area (Å²) in [5.41, 5.74) is 0. The summed E-state index contributed by atoms with van der Waals surface area (Å²) in [5.74, 6) is -0.156. The van der Waals surface area contributed by atoms with Crippen LogP contribution in [-0.2, 0) is 18.4 Å². The molecule has 8 nitrogen and oxygen atoms in total. The minimum Gasteiger partial charge on any atom is -0.756 e. The highest BCUT2D eigenvalue weighted by Gasteiger charge is 2.24. The third-order valence-corrected chi connectivity index (χ3v) is 18.2. The number of nitrogens with one attached hydrogen (secondary N) is 1. The normalized spacial score (nSPS) is 13.7. The number of nitrogens with zero attached hydrogens (tertiary/aromatic N) is 1. The number of unbranched alkanes of at least 4 members (excludes halogenated alkanes) is 52. The Morgan fingerprint density at radius 3 is 1.01 bits per heavy atom. The zero-order valence-electron chi connectivity index (χ0n) is 56.0. The molecule has 9 heteroatoms. The van der Waals surface area contributed by atoms with Gasteiger partial charge in [-0.05, 0) is 44.9 Å². The molecule has 1 amide bonds. The van der Waals surface area contributed by atoms with Crippen molar-refractivity contribution < 1.29 is 32.9 Å². The number of amides is 1. The van der Waals surface area contributed by atoms with Gasteiger partial charge in [0.25, 0.3) is 7.82 Å². The van der Waals surface area contributed by atoms with Crippen molar-refractivity contribution in [2.24, 2.45) is 0 Å². The van der Waals surface area contributed by atoms with Gasteiger partial charge in [-0.2, -0.15) is 0 Å². The maximum atomic E-state index is 13.1. The van der Waals surface area contributed by atoms with Gasteiger partial charge in [0.05, 0.1) is 39.9 Å². The van der Waals surface area contributed by atoms with E-state index in [0.717, 1.165) is 44.9 Å². The molecular formula is C73H145N2O6P. The molecule has 3 atom stereocenters. The maximum absolute atomic E-state index is 13.1. The largest absolute Gasteiger partial charge is 0.756 e. The van der Waals surface area contributed by atoms with Gasteiger partial charge in [0, 0.05) is 6.42 Å². The first-order valence-corrected chi connectivity index (χ1v) is 38.1. The van der Waals surface area contributed by atoms with Gasteiger partial charge in [-0.1, -0.05) is 359 Å². The second-order valence-corrected chi connectivity index (χ2v) is 28.1. The van der Waals surface area contributed by atoms with Gasteiger partial charge in [0.2, 0.25) is 5.91 Å². The molecule has 0 bridgehead atoms. The monoisotopic (exact) mass is 1180 g/mol. The fourth-order valence-electron chi connectivity index (χ4n) is 11.5. The van der Waals surface area contributed by atoms with Gasteiger partial charge in [-0.25, -0.2) is 0 Å². The van der Waals surface area contributed by atoms with E-state index in [-0.39, 0.29) is 19.1 Å². The number of aliphatic hydroxyl groups is 1. The molecule has 0 aliphatic carbocycles. The number of carbonyl (C=O) groups excluding carboxylic acids is 1. The Morgan fingerprint density at radius 2 is 0.707 bits per heavy atom. The molecule has 0 rings (SSSR count). The van der Waals surface area contributed by atoms with Crippen molar-refractivity contribution in [2.75, 3.05) is 40.9 Å². The third kappa shape index (κ3) is 66.5. The Kier molecular flexibility index (Phi) is 63.7. The van der Waals surface area contributed by atoms with Crippen molar-refractivity contribution >= 4 is 13.7 Å². The minimum atomic E-state index is -4.58. The summed E-state index contributed by atoms with van der Waals surface area (Å²) in [4.78, 5) is 25.7. The number of quaternary nitrogens is 1. The topological polar surface area (TPSA) is 108 Å². The molecule has 0 saturated heterocycles. The number of aliphatic hydroxyl groups excluding tert-OH is 1. The average Bonchev–Trinajstić information content (AvgIpc) is 3.47. The van der Waals surface area contributed by atoms with E-state index in [1.165, 1.54) is 315 Å². The lowest BCUT2D eigenvalue weighted by Gasteiger charge is -2.30. The number of hydrogen-bond acceptors (Lipinski definition) is 6. The van der Waals surface area contributed by atoms with Crippen LogP contribution in [0.15, 0.2) is 24.3 Å². The number of likely N-dealkylation sites (N-methyl/N-ethyl adjacent to an activating group) is 1. The van der Waals surface area contributed by atoms with Crippen LogP contribution in [0.3, 0.4) is 0 Å². The Labute approximate surface area is 513 Å². The number of carbonyl (C=O) groups is 1. The molecule has 0 aromatic carbocycles. The van der Waals surface area contributed by atoms with E-state index in [9.17, 15) is 19.4 Å². The highest BCUT2D eigenvalue weighted by molar-refractivity contribution is 7.45. The summed E-state index contributed by atoms with van der Waals surface area (Å²) in [6.07, 6.45) is 84.1. The van der Waals surface area contributed by atoms with Crippen molar-refractivity contribution in [3.05, 3.63) is 24.3 Å². The number of rotatable bonds is 69. The first-order valence-electron chi connectivity index (χ1n) is 36.7. The lowest BCUT2D eigenvalue weighted by atomic mass is 10.0. The minimum absolute atomic E-state index is 0.0151. The van der Waals surface area contributed by atoms with E-state index in [2.05, 4.69) is 43.5 Å². The smallest absolute Gasteiger partial charge is 0.268 e. The number of phosphoric ester groups is 1. The molecule has 0 heterocycles. The molecule has 0 aliphatic heterocycles. The molecule has 0 fully saturated rings. The van der Waals surface area contributed by atoms with E-state index in [1.807, 2.05) is 21.1 Å². The Morgan fingerprint density at radius 1 is 0.427 bits per heavy atom. The highest BCUT2D eigenvalue weighted by atomic mass is 31.2. The number of phosphoric acid groups is 1. The van der Waals surface area contributed by atoms with Crippen molar-refractivity contribution in [3.8, 4) is 0 Å². The zero-order chi connectivity index (χ0) is 59.8. The highest BCUT2D eigenvalue weighted by Crippen LogP contribution is 2.38. The van der Waals surface area contributed by atoms with E-state index < -0.39 is 20.0 Å². The van der Waals surface area contributed by atoms with Gasteiger partial charge in [0.1, 0.15) is 13.2 Å². The predicted octanol–water partition coefficient (Wildman–Crippen LogP) is 22.8. The van der Waals surface area contributed by atoms with Crippen LogP contribution in [0.25, 0.3) is 0 Å². The molecule has 0 aliphatic rings. The second kappa shape index (κ2) is 64.5. The van der Waals surface area contributed by atoms with E-state index in [1.54, 1.807) is 0 Å². The molecule has 3 unspecified atom stereocenters. The Balaban J connectivity index is 3.97. The van der Waals surface area contributed by atoms with E-state index in [4.69, 9.17) is 9.05 Å². The molecular weight excluding hydrogens is 1030 g/mol. The van der Waals surface area contributed by atoms with Crippen molar-refractivity contribution in [2.45, 2.75) is 398 Å². The van der Waals surface area contributed by atoms with Crippen LogP contribution in [0, 0.1) is 0 Å². The Hall–Kier alpha value is -1.02. The van der Waals surface area contributed by atoms with Gasteiger partial charge < -0.3 is 28.8 Å².